The van der Waals surface area contributed by atoms with Crippen molar-refractivity contribution >= 4 is 21.6 Å². The van der Waals surface area contributed by atoms with Crippen molar-refractivity contribution in [2.45, 2.75) is 12.7 Å². The minimum absolute atomic E-state index is 0.0162. The molecule has 1 aromatic rings. The smallest absolute Gasteiger partial charge is 0.398 e. The van der Waals surface area contributed by atoms with Crippen molar-refractivity contribution in [3.8, 4) is 0 Å². The number of anilines is 1. The quantitative estimate of drug-likeness (QED) is 0.769. The molecule has 0 unspecified atom stereocenters. The summed E-state index contributed by atoms with van der Waals surface area (Å²) < 4.78 is 37.9. The maximum Gasteiger partial charge on any atom is 0.418 e. The lowest BCUT2D eigenvalue weighted by Gasteiger charge is -2.15. The summed E-state index contributed by atoms with van der Waals surface area (Å²) in [5.41, 5.74) is 9.31. The molecule has 0 fully saturated rings. The van der Waals surface area contributed by atoms with Crippen LogP contribution in [0, 0.1) is 0 Å². The topological polar surface area (TPSA) is 52.0 Å². The average molecular weight is 269 g/mol. The van der Waals surface area contributed by atoms with Gasteiger partial charge in [0.2, 0.25) is 0 Å². The zero-order valence-electron chi connectivity index (χ0n) is 7.03. The van der Waals surface area contributed by atoms with Crippen molar-refractivity contribution in [2.75, 3.05) is 5.73 Å². The SMILES string of the molecule is NCc1c(Br)ccc(N)c1C(F)(F)F. The lowest BCUT2D eigenvalue weighted by atomic mass is 10.1. The Hall–Kier alpha value is -0.750. The number of hydrogen-bond donors (Lipinski definition) is 2. The Bertz CT molecular complexity index is 349. The summed E-state index contributed by atoms with van der Waals surface area (Å²) in [7, 11) is 0. The van der Waals surface area contributed by atoms with Crippen LogP contribution in [0.5, 0.6) is 0 Å². The van der Waals surface area contributed by atoms with Gasteiger partial charge in [0, 0.05) is 16.7 Å². The first-order valence-electron chi connectivity index (χ1n) is 3.72. The van der Waals surface area contributed by atoms with Crippen LogP contribution in [0.15, 0.2) is 16.6 Å². The molecule has 0 heterocycles. The van der Waals surface area contributed by atoms with Crippen LogP contribution in [-0.2, 0) is 12.7 Å². The second kappa shape index (κ2) is 3.78. The molecule has 0 amide bonds. The minimum Gasteiger partial charge on any atom is -0.398 e. The molecule has 0 bridgehead atoms. The highest BCUT2D eigenvalue weighted by atomic mass is 79.9. The van der Waals surface area contributed by atoms with E-state index in [0.717, 1.165) is 0 Å². The monoisotopic (exact) mass is 268 g/mol. The third kappa shape index (κ3) is 2.01. The van der Waals surface area contributed by atoms with Crippen molar-refractivity contribution in [3.63, 3.8) is 0 Å². The first-order chi connectivity index (χ1) is 6.38. The van der Waals surface area contributed by atoms with Gasteiger partial charge in [-0.25, -0.2) is 0 Å². The molecule has 0 spiro atoms. The molecule has 0 aliphatic rings. The lowest BCUT2D eigenvalue weighted by Crippen LogP contribution is -2.15. The van der Waals surface area contributed by atoms with E-state index in [1.165, 1.54) is 12.1 Å². The molecule has 0 saturated carbocycles. The van der Waals surface area contributed by atoms with Crippen molar-refractivity contribution in [2.24, 2.45) is 5.73 Å². The summed E-state index contributed by atoms with van der Waals surface area (Å²) in [4.78, 5) is 0. The van der Waals surface area contributed by atoms with Crippen LogP contribution in [-0.4, -0.2) is 0 Å². The third-order valence-electron chi connectivity index (χ3n) is 1.78. The van der Waals surface area contributed by atoms with Crippen molar-refractivity contribution in [1.29, 1.82) is 0 Å². The lowest BCUT2D eigenvalue weighted by molar-refractivity contribution is -0.137. The standard InChI is InChI=1S/C8H8BrF3N2/c9-5-1-2-6(14)7(4(5)3-13)8(10,11)12/h1-2H,3,13-14H2. The summed E-state index contributed by atoms with van der Waals surface area (Å²) in [6.45, 7) is -0.208. The highest BCUT2D eigenvalue weighted by Gasteiger charge is 2.36. The van der Waals surface area contributed by atoms with Gasteiger partial charge in [0.1, 0.15) is 0 Å². The molecule has 0 aromatic heterocycles. The summed E-state index contributed by atoms with van der Waals surface area (Å²) in [6.07, 6.45) is -4.47. The molecule has 0 atom stereocenters. The molecule has 0 aliphatic heterocycles. The van der Waals surface area contributed by atoms with E-state index in [9.17, 15) is 13.2 Å². The Balaban J connectivity index is 3.46. The number of alkyl halides is 3. The van der Waals surface area contributed by atoms with Gasteiger partial charge in [-0.15, -0.1) is 0 Å². The molecule has 0 saturated heterocycles. The Morgan fingerprint density at radius 1 is 1.29 bits per heavy atom. The molecule has 0 radical (unpaired) electrons. The minimum atomic E-state index is -4.47. The van der Waals surface area contributed by atoms with Crippen LogP contribution in [0.3, 0.4) is 0 Å². The second-order valence-electron chi connectivity index (χ2n) is 2.69. The normalized spacial score (nSPS) is 11.8. The predicted molar refractivity (Wildman–Crippen MR) is 51.4 cm³/mol. The van der Waals surface area contributed by atoms with E-state index in [2.05, 4.69) is 15.9 Å². The Labute approximate surface area is 87.2 Å². The van der Waals surface area contributed by atoms with Crippen LogP contribution in [0.2, 0.25) is 0 Å². The van der Waals surface area contributed by atoms with Gasteiger partial charge in [-0.3, -0.25) is 0 Å². The van der Waals surface area contributed by atoms with Crippen LogP contribution in [0.4, 0.5) is 18.9 Å². The van der Waals surface area contributed by atoms with Crippen LogP contribution >= 0.6 is 15.9 Å². The van der Waals surface area contributed by atoms with Gasteiger partial charge in [0.25, 0.3) is 0 Å². The summed E-state index contributed by atoms with van der Waals surface area (Å²) in [5, 5.41) is 0. The van der Waals surface area contributed by atoms with E-state index in [0.29, 0.717) is 4.47 Å². The molecular formula is C8H8BrF3N2. The Morgan fingerprint density at radius 3 is 2.21 bits per heavy atom. The number of rotatable bonds is 1. The van der Waals surface area contributed by atoms with Crippen LogP contribution < -0.4 is 11.5 Å². The average Bonchev–Trinajstić information content (AvgIpc) is 2.06. The summed E-state index contributed by atoms with van der Waals surface area (Å²) >= 11 is 3.00. The molecule has 1 aromatic carbocycles. The second-order valence-corrected chi connectivity index (χ2v) is 3.55. The molecule has 2 nitrogen and oxygen atoms in total. The zero-order valence-corrected chi connectivity index (χ0v) is 8.61. The fraction of sp³-hybridized carbons (Fsp3) is 0.250. The summed E-state index contributed by atoms with van der Waals surface area (Å²) in [5.74, 6) is 0. The Kier molecular flexibility index (Phi) is 3.06. The van der Waals surface area contributed by atoms with Crippen molar-refractivity contribution < 1.29 is 13.2 Å². The first kappa shape index (κ1) is 11.3. The highest BCUT2D eigenvalue weighted by molar-refractivity contribution is 9.10. The first-order valence-corrected chi connectivity index (χ1v) is 4.51. The van der Waals surface area contributed by atoms with E-state index in [-0.39, 0.29) is 17.8 Å². The maximum atomic E-state index is 12.5. The molecule has 6 heteroatoms. The summed E-state index contributed by atoms with van der Waals surface area (Å²) in [6, 6.07) is 2.65. The number of benzene rings is 1. The molecule has 4 N–H and O–H groups in total. The number of hydrogen-bond acceptors (Lipinski definition) is 2. The van der Waals surface area contributed by atoms with Crippen LogP contribution in [0.25, 0.3) is 0 Å². The van der Waals surface area contributed by atoms with E-state index in [4.69, 9.17) is 11.5 Å². The molecule has 0 aliphatic carbocycles. The van der Waals surface area contributed by atoms with Gasteiger partial charge in [-0.05, 0) is 17.7 Å². The predicted octanol–water partition coefficient (Wildman–Crippen LogP) is 2.51. The highest BCUT2D eigenvalue weighted by Crippen LogP contribution is 2.38. The van der Waals surface area contributed by atoms with E-state index < -0.39 is 11.7 Å². The van der Waals surface area contributed by atoms with E-state index in [1.807, 2.05) is 0 Å². The van der Waals surface area contributed by atoms with Gasteiger partial charge in [-0.2, -0.15) is 13.2 Å². The number of halogens is 4. The fourth-order valence-electron chi connectivity index (χ4n) is 1.17. The third-order valence-corrected chi connectivity index (χ3v) is 2.52. The van der Waals surface area contributed by atoms with Crippen molar-refractivity contribution in [1.82, 2.24) is 0 Å². The van der Waals surface area contributed by atoms with Gasteiger partial charge >= 0.3 is 6.18 Å². The maximum absolute atomic E-state index is 12.5. The fourth-order valence-corrected chi connectivity index (χ4v) is 1.67. The van der Waals surface area contributed by atoms with Gasteiger partial charge in [-0.1, -0.05) is 15.9 Å². The number of nitrogens with two attached hydrogens (primary N) is 2. The van der Waals surface area contributed by atoms with Crippen molar-refractivity contribution in [3.05, 3.63) is 27.7 Å². The number of nitrogen functional groups attached to an aromatic ring is 1. The molecule has 78 valence electrons. The molecule has 14 heavy (non-hydrogen) atoms. The van der Waals surface area contributed by atoms with Gasteiger partial charge in [0.05, 0.1) is 5.56 Å². The molecular weight excluding hydrogens is 261 g/mol. The largest absolute Gasteiger partial charge is 0.418 e. The zero-order chi connectivity index (χ0) is 10.9. The van der Waals surface area contributed by atoms with Gasteiger partial charge in [0.15, 0.2) is 0 Å². The van der Waals surface area contributed by atoms with Gasteiger partial charge < -0.3 is 11.5 Å². The van der Waals surface area contributed by atoms with E-state index in [1.54, 1.807) is 0 Å². The molecule has 1 rings (SSSR count). The Morgan fingerprint density at radius 2 is 1.86 bits per heavy atom. The van der Waals surface area contributed by atoms with Crippen LogP contribution in [0.1, 0.15) is 11.1 Å². The van der Waals surface area contributed by atoms with E-state index >= 15 is 0 Å².